The van der Waals surface area contributed by atoms with Crippen LogP contribution in [0.1, 0.15) is 35.5 Å². The van der Waals surface area contributed by atoms with Gasteiger partial charge in [-0.2, -0.15) is 0 Å². The molecule has 0 saturated carbocycles. The number of hydrogen-bond donors (Lipinski definition) is 2. The molecule has 7 nitrogen and oxygen atoms in total. The van der Waals surface area contributed by atoms with E-state index in [1.807, 2.05) is 45.0 Å². The fourth-order valence-electron chi connectivity index (χ4n) is 2.93. The smallest absolute Gasteiger partial charge is 0.322 e. The Hall–Kier alpha value is -2.74. The third-order valence-electron chi connectivity index (χ3n) is 4.72. The lowest BCUT2D eigenvalue weighted by atomic mass is 10.1. The third-order valence-corrected chi connectivity index (χ3v) is 6.10. The summed E-state index contributed by atoms with van der Waals surface area (Å²) in [5.74, 6) is -0.681. The molecule has 1 saturated heterocycles. The van der Waals surface area contributed by atoms with Crippen LogP contribution in [0, 0.1) is 13.8 Å². The summed E-state index contributed by atoms with van der Waals surface area (Å²) in [6.45, 7) is 5.91. The maximum Gasteiger partial charge on any atom is 0.322 e. The highest BCUT2D eigenvalue weighted by Gasteiger charge is 2.33. The lowest BCUT2D eigenvalue weighted by molar-refractivity contribution is -0.134. The summed E-state index contributed by atoms with van der Waals surface area (Å²) in [6.07, 6.45) is -0.0684. The van der Waals surface area contributed by atoms with Crippen LogP contribution in [0.2, 0.25) is 0 Å². The standard InChI is InChI=1S/C19H22N4O3S/c1-10-5-7-13(8-6-10)18-20-11(2)16(27-18)12(3)23(4)15(24)9-14-17(25)22-19(26)21-14/h5-8,12,14H,9H2,1-4H3,(H2,21,22,25,26)/t12-,14+/m1/s1. The van der Waals surface area contributed by atoms with Crippen molar-refractivity contribution in [2.75, 3.05) is 7.05 Å². The zero-order valence-electron chi connectivity index (χ0n) is 15.7. The molecule has 0 bridgehead atoms. The van der Waals surface area contributed by atoms with Gasteiger partial charge in [-0.1, -0.05) is 29.8 Å². The summed E-state index contributed by atoms with van der Waals surface area (Å²) < 4.78 is 0. The van der Waals surface area contributed by atoms with Gasteiger partial charge in [0, 0.05) is 12.6 Å². The van der Waals surface area contributed by atoms with E-state index < -0.39 is 18.0 Å². The van der Waals surface area contributed by atoms with Gasteiger partial charge in [-0.3, -0.25) is 14.9 Å². The fourth-order valence-corrected chi connectivity index (χ4v) is 4.10. The number of carbonyl (C=O) groups excluding carboxylic acids is 3. The molecular formula is C19H22N4O3S. The summed E-state index contributed by atoms with van der Waals surface area (Å²) in [4.78, 5) is 42.7. The number of imide groups is 1. The maximum atomic E-state index is 12.6. The second-order valence-electron chi connectivity index (χ2n) is 6.73. The molecule has 1 aliphatic heterocycles. The molecular weight excluding hydrogens is 364 g/mol. The normalized spacial score (nSPS) is 17.4. The second kappa shape index (κ2) is 7.48. The molecule has 1 aromatic carbocycles. The summed E-state index contributed by atoms with van der Waals surface area (Å²) in [7, 11) is 1.70. The van der Waals surface area contributed by atoms with Crippen molar-refractivity contribution in [2.45, 2.75) is 39.3 Å². The highest BCUT2D eigenvalue weighted by Crippen LogP contribution is 2.34. The SMILES string of the molecule is Cc1ccc(-c2nc(C)c([C@@H](C)N(C)C(=O)C[C@@H]3NC(=O)NC3=O)s2)cc1. The van der Waals surface area contributed by atoms with Crippen LogP contribution >= 0.6 is 11.3 Å². The van der Waals surface area contributed by atoms with E-state index in [0.717, 1.165) is 21.1 Å². The van der Waals surface area contributed by atoms with Crippen LogP contribution in [-0.2, 0) is 9.59 Å². The van der Waals surface area contributed by atoms with Gasteiger partial charge in [-0.25, -0.2) is 9.78 Å². The molecule has 8 heteroatoms. The Morgan fingerprint density at radius 2 is 1.93 bits per heavy atom. The minimum absolute atomic E-state index is 0.0684. The fraction of sp³-hybridized carbons (Fsp3) is 0.368. The van der Waals surface area contributed by atoms with Crippen molar-refractivity contribution < 1.29 is 14.4 Å². The highest BCUT2D eigenvalue weighted by atomic mass is 32.1. The molecule has 27 heavy (non-hydrogen) atoms. The molecule has 1 aromatic heterocycles. The Bertz CT molecular complexity index is 891. The van der Waals surface area contributed by atoms with Crippen LogP contribution in [0.25, 0.3) is 10.6 Å². The molecule has 3 rings (SSSR count). The molecule has 2 aromatic rings. The second-order valence-corrected chi connectivity index (χ2v) is 7.77. The van der Waals surface area contributed by atoms with E-state index in [4.69, 9.17) is 0 Å². The van der Waals surface area contributed by atoms with Gasteiger partial charge < -0.3 is 10.2 Å². The van der Waals surface area contributed by atoms with Gasteiger partial charge >= 0.3 is 6.03 Å². The van der Waals surface area contributed by atoms with Gasteiger partial charge in [0.25, 0.3) is 5.91 Å². The number of urea groups is 1. The van der Waals surface area contributed by atoms with E-state index in [1.165, 1.54) is 5.56 Å². The Balaban J connectivity index is 1.73. The van der Waals surface area contributed by atoms with Crippen LogP contribution in [0.5, 0.6) is 0 Å². The van der Waals surface area contributed by atoms with Gasteiger partial charge in [0.2, 0.25) is 5.91 Å². The number of amides is 4. The molecule has 2 N–H and O–H groups in total. The van der Waals surface area contributed by atoms with E-state index in [1.54, 1.807) is 23.3 Å². The Morgan fingerprint density at radius 3 is 2.52 bits per heavy atom. The third kappa shape index (κ3) is 4.00. The van der Waals surface area contributed by atoms with Crippen LogP contribution in [0.4, 0.5) is 4.79 Å². The van der Waals surface area contributed by atoms with Gasteiger partial charge in [-0.15, -0.1) is 11.3 Å². The topological polar surface area (TPSA) is 91.4 Å². The molecule has 1 aliphatic rings. The molecule has 2 heterocycles. The Labute approximate surface area is 161 Å². The average molecular weight is 386 g/mol. The summed E-state index contributed by atoms with van der Waals surface area (Å²) in [6, 6.07) is 6.61. The number of nitrogens with zero attached hydrogens (tertiary/aromatic N) is 2. The number of benzene rings is 1. The van der Waals surface area contributed by atoms with Crippen LogP contribution in [0.3, 0.4) is 0 Å². The summed E-state index contributed by atoms with van der Waals surface area (Å²) >= 11 is 1.56. The first-order valence-electron chi connectivity index (χ1n) is 8.67. The van der Waals surface area contributed by atoms with E-state index in [9.17, 15) is 14.4 Å². The predicted molar refractivity (Wildman–Crippen MR) is 103 cm³/mol. The van der Waals surface area contributed by atoms with Crippen molar-refractivity contribution >= 4 is 29.2 Å². The minimum atomic E-state index is -0.815. The summed E-state index contributed by atoms with van der Waals surface area (Å²) in [5.41, 5.74) is 3.12. The van der Waals surface area contributed by atoms with Gasteiger partial charge in [0.05, 0.1) is 23.0 Å². The monoisotopic (exact) mass is 386 g/mol. The number of aryl methyl sites for hydroxylation is 2. The molecule has 0 unspecified atom stereocenters. The van der Waals surface area contributed by atoms with Crippen LogP contribution in [0.15, 0.2) is 24.3 Å². The minimum Gasteiger partial charge on any atom is -0.338 e. The lowest BCUT2D eigenvalue weighted by Crippen LogP contribution is -2.38. The quantitative estimate of drug-likeness (QED) is 0.773. The zero-order valence-corrected chi connectivity index (χ0v) is 16.5. The van der Waals surface area contributed by atoms with Crippen molar-refractivity contribution in [3.05, 3.63) is 40.4 Å². The first-order valence-corrected chi connectivity index (χ1v) is 9.49. The van der Waals surface area contributed by atoms with Gasteiger partial charge in [-0.05, 0) is 20.8 Å². The van der Waals surface area contributed by atoms with Gasteiger partial charge in [0.1, 0.15) is 11.0 Å². The lowest BCUT2D eigenvalue weighted by Gasteiger charge is -2.25. The maximum absolute atomic E-state index is 12.6. The van der Waals surface area contributed by atoms with Gasteiger partial charge in [0.15, 0.2) is 0 Å². The molecule has 4 amide bonds. The molecule has 1 fully saturated rings. The number of rotatable bonds is 5. The number of aromatic nitrogens is 1. The van der Waals surface area contributed by atoms with Crippen molar-refractivity contribution in [1.82, 2.24) is 20.5 Å². The highest BCUT2D eigenvalue weighted by molar-refractivity contribution is 7.15. The molecule has 2 atom stereocenters. The van der Waals surface area contributed by atoms with Crippen molar-refractivity contribution in [1.29, 1.82) is 0 Å². The van der Waals surface area contributed by atoms with E-state index >= 15 is 0 Å². The van der Waals surface area contributed by atoms with E-state index in [2.05, 4.69) is 15.6 Å². The Kier molecular flexibility index (Phi) is 5.27. The van der Waals surface area contributed by atoms with Crippen LogP contribution in [-0.4, -0.2) is 40.8 Å². The first-order chi connectivity index (χ1) is 12.8. The zero-order chi connectivity index (χ0) is 19.7. The number of thiazole rings is 1. The molecule has 142 valence electrons. The predicted octanol–water partition coefficient (Wildman–Crippen LogP) is 2.54. The molecule has 0 spiro atoms. The molecule has 0 radical (unpaired) electrons. The van der Waals surface area contributed by atoms with Crippen molar-refractivity contribution in [3.8, 4) is 10.6 Å². The average Bonchev–Trinajstić information content (AvgIpc) is 3.16. The molecule has 0 aliphatic carbocycles. The number of carbonyl (C=O) groups is 3. The van der Waals surface area contributed by atoms with E-state index in [0.29, 0.717) is 0 Å². The summed E-state index contributed by atoms with van der Waals surface area (Å²) in [5, 5.41) is 5.51. The number of hydrogen-bond acceptors (Lipinski definition) is 5. The number of nitrogens with one attached hydrogen (secondary N) is 2. The van der Waals surface area contributed by atoms with Crippen LogP contribution < -0.4 is 10.6 Å². The van der Waals surface area contributed by atoms with Crippen molar-refractivity contribution in [2.24, 2.45) is 0 Å². The van der Waals surface area contributed by atoms with E-state index in [-0.39, 0.29) is 18.4 Å². The Morgan fingerprint density at radius 1 is 1.26 bits per heavy atom. The largest absolute Gasteiger partial charge is 0.338 e. The van der Waals surface area contributed by atoms with Crippen molar-refractivity contribution in [3.63, 3.8) is 0 Å². The first kappa shape index (κ1) is 19.0.